The Morgan fingerprint density at radius 3 is 2.68 bits per heavy atom. The zero-order chi connectivity index (χ0) is 13.9. The van der Waals surface area contributed by atoms with Crippen LogP contribution in [0.2, 0.25) is 0 Å². The number of anilines is 1. The van der Waals surface area contributed by atoms with E-state index in [0.717, 1.165) is 25.9 Å². The van der Waals surface area contributed by atoms with Crippen molar-refractivity contribution in [3.8, 4) is 0 Å². The van der Waals surface area contributed by atoms with Crippen LogP contribution in [0.25, 0.3) is 0 Å². The Bertz CT molecular complexity index is 545. The van der Waals surface area contributed by atoms with Crippen LogP contribution in [0.5, 0.6) is 0 Å². The van der Waals surface area contributed by atoms with Crippen LogP contribution in [0, 0.1) is 11.7 Å². The summed E-state index contributed by atoms with van der Waals surface area (Å²) in [6.07, 6.45) is 1.73. The normalized spacial score (nSPS) is 17.4. The van der Waals surface area contributed by atoms with Crippen LogP contribution in [0.4, 0.5) is 10.1 Å². The van der Waals surface area contributed by atoms with Gasteiger partial charge in [-0.05, 0) is 66.0 Å². The highest BCUT2D eigenvalue weighted by Crippen LogP contribution is 2.25. The summed E-state index contributed by atoms with van der Waals surface area (Å²) >= 11 is 3.15. The summed E-state index contributed by atoms with van der Waals surface area (Å²) in [5.41, 5.74) is 0.371. The van der Waals surface area contributed by atoms with Gasteiger partial charge in [0.25, 0.3) is 0 Å². The van der Waals surface area contributed by atoms with Gasteiger partial charge in [-0.25, -0.2) is 12.8 Å². The average molecular weight is 351 g/mol. The fourth-order valence-corrected chi connectivity index (χ4v) is 4.27. The van der Waals surface area contributed by atoms with Gasteiger partial charge in [0.2, 0.25) is 10.0 Å². The first kappa shape index (κ1) is 14.7. The molecule has 7 heteroatoms. The van der Waals surface area contributed by atoms with E-state index < -0.39 is 15.8 Å². The topological polar surface area (TPSA) is 58.2 Å². The lowest BCUT2D eigenvalue weighted by Crippen LogP contribution is -2.33. The molecule has 0 bridgehead atoms. The van der Waals surface area contributed by atoms with Crippen molar-refractivity contribution in [2.45, 2.75) is 12.8 Å². The average Bonchev–Trinajstić information content (AvgIpc) is 2.33. The van der Waals surface area contributed by atoms with Crippen LogP contribution in [0.15, 0.2) is 22.7 Å². The minimum Gasteiger partial charge on any atom is -0.317 e. The predicted molar refractivity (Wildman–Crippen MR) is 77.1 cm³/mol. The van der Waals surface area contributed by atoms with Gasteiger partial charge in [-0.15, -0.1) is 0 Å². The monoisotopic (exact) mass is 350 g/mol. The lowest BCUT2D eigenvalue weighted by atomic mass is 10.0. The zero-order valence-electron chi connectivity index (χ0n) is 10.3. The first-order chi connectivity index (χ1) is 8.96. The van der Waals surface area contributed by atoms with E-state index in [4.69, 9.17) is 0 Å². The maximum absolute atomic E-state index is 12.9. The third-order valence-electron chi connectivity index (χ3n) is 3.11. The van der Waals surface area contributed by atoms with Gasteiger partial charge in [0, 0.05) is 4.47 Å². The number of halogens is 2. The molecule has 2 rings (SSSR count). The van der Waals surface area contributed by atoms with Crippen LogP contribution < -0.4 is 10.0 Å². The molecule has 1 heterocycles. The lowest BCUT2D eigenvalue weighted by Gasteiger charge is -2.22. The van der Waals surface area contributed by atoms with Gasteiger partial charge in [0.1, 0.15) is 5.82 Å². The molecule has 0 radical (unpaired) electrons. The smallest absolute Gasteiger partial charge is 0.233 e. The Kier molecular flexibility index (Phi) is 4.81. The van der Waals surface area contributed by atoms with Gasteiger partial charge in [0.15, 0.2) is 0 Å². The summed E-state index contributed by atoms with van der Waals surface area (Å²) in [7, 11) is -3.40. The molecule has 0 atom stereocenters. The Morgan fingerprint density at radius 1 is 1.37 bits per heavy atom. The maximum atomic E-state index is 12.9. The van der Waals surface area contributed by atoms with Gasteiger partial charge in [-0.3, -0.25) is 4.72 Å². The quantitative estimate of drug-likeness (QED) is 0.876. The minimum absolute atomic E-state index is 0.110. The minimum atomic E-state index is -3.40. The molecule has 0 aromatic heterocycles. The van der Waals surface area contributed by atoms with Crippen molar-refractivity contribution in [3.63, 3.8) is 0 Å². The second kappa shape index (κ2) is 6.19. The summed E-state index contributed by atoms with van der Waals surface area (Å²) < 4.78 is 40.0. The molecule has 0 amide bonds. The highest BCUT2D eigenvalue weighted by Gasteiger charge is 2.21. The number of benzene rings is 1. The first-order valence-electron chi connectivity index (χ1n) is 6.12. The van der Waals surface area contributed by atoms with Crippen LogP contribution in [0.3, 0.4) is 0 Å². The van der Waals surface area contributed by atoms with E-state index in [-0.39, 0.29) is 11.7 Å². The molecule has 0 spiro atoms. The predicted octanol–water partition coefficient (Wildman–Crippen LogP) is 2.33. The van der Waals surface area contributed by atoms with E-state index in [1.54, 1.807) is 0 Å². The third-order valence-corrected chi connectivity index (χ3v) is 5.21. The molecular weight excluding hydrogens is 335 g/mol. The molecule has 0 saturated carbocycles. The molecule has 1 aromatic carbocycles. The summed E-state index contributed by atoms with van der Waals surface area (Å²) in [5.74, 6) is -0.121. The lowest BCUT2D eigenvalue weighted by molar-refractivity contribution is 0.402. The highest BCUT2D eigenvalue weighted by atomic mass is 79.9. The Hall–Kier alpha value is -0.660. The molecule has 0 aliphatic carbocycles. The molecule has 1 aliphatic heterocycles. The van der Waals surface area contributed by atoms with E-state index in [1.807, 2.05) is 0 Å². The third kappa shape index (κ3) is 4.43. The zero-order valence-corrected chi connectivity index (χ0v) is 12.7. The Labute approximate surface area is 121 Å². The van der Waals surface area contributed by atoms with Crippen molar-refractivity contribution in [1.29, 1.82) is 0 Å². The second-order valence-electron chi connectivity index (χ2n) is 4.70. The Balaban J connectivity index is 2.03. The van der Waals surface area contributed by atoms with Crippen LogP contribution in [-0.4, -0.2) is 27.3 Å². The second-order valence-corrected chi connectivity index (χ2v) is 7.32. The number of hydrogen-bond donors (Lipinski definition) is 2. The molecule has 1 fully saturated rings. The van der Waals surface area contributed by atoms with E-state index >= 15 is 0 Å². The molecular formula is C12H16BrFN2O2S. The van der Waals surface area contributed by atoms with Crippen molar-refractivity contribution in [1.82, 2.24) is 5.32 Å². The first-order valence-corrected chi connectivity index (χ1v) is 8.57. The van der Waals surface area contributed by atoms with Crippen LogP contribution in [0.1, 0.15) is 12.8 Å². The fraction of sp³-hybridized carbons (Fsp3) is 0.500. The van der Waals surface area contributed by atoms with Crippen molar-refractivity contribution in [3.05, 3.63) is 28.5 Å². The van der Waals surface area contributed by atoms with Gasteiger partial charge >= 0.3 is 0 Å². The van der Waals surface area contributed by atoms with Gasteiger partial charge in [0.05, 0.1) is 11.4 Å². The van der Waals surface area contributed by atoms with E-state index in [1.165, 1.54) is 18.2 Å². The van der Waals surface area contributed by atoms with Crippen molar-refractivity contribution < 1.29 is 12.8 Å². The molecule has 106 valence electrons. The van der Waals surface area contributed by atoms with Gasteiger partial charge in [-0.1, -0.05) is 0 Å². The van der Waals surface area contributed by atoms with Crippen molar-refractivity contribution >= 4 is 31.6 Å². The number of rotatable bonds is 4. The van der Waals surface area contributed by atoms with Crippen LogP contribution >= 0.6 is 15.9 Å². The summed E-state index contributed by atoms with van der Waals surface area (Å²) in [6.45, 7) is 1.72. The standard InChI is InChI=1S/C12H16BrFN2O2S/c13-11-7-10(14)1-2-12(11)16-19(17,18)8-9-3-5-15-6-4-9/h1-2,7,9,15-16H,3-6,8H2. The summed E-state index contributed by atoms with van der Waals surface area (Å²) in [4.78, 5) is 0. The van der Waals surface area contributed by atoms with E-state index in [0.29, 0.717) is 10.2 Å². The summed E-state index contributed by atoms with van der Waals surface area (Å²) in [5, 5.41) is 3.20. The SMILES string of the molecule is O=S(=O)(CC1CCNCC1)Nc1ccc(F)cc1Br. The molecule has 19 heavy (non-hydrogen) atoms. The van der Waals surface area contributed by atoms with Crippen molar-refractivity contribution in [2.24, 2.45) is 5.92 Å². The number of sulfonamides is 1. The molecule has 2 N–H and O–H groups in total. The largest absolute Gasteiger partial charge is 0.317 e. The molecule has 1 aromatic rings. The number of hydrogen-bond acceptors (Lipinski definition) is 3. The van der Waals surface area contributed by atoms with E-state index in [9.17, 15) is 12.8 Å². The highest BCUT2D eigenvalue weighted by molar-refractivity contribution is 9.10. The molecule has 1 aliphatic rings. The summed E-state index contributed by atoms with van der Waals surface area (Å²) in [6, 6.07) is 3.88. The van der Waals surface area contributed by atoms with E-state index in [2.05, 4.69) is 26.0 Å². The molecule has 1 saturated heterocycles. The van der Waals surface area contributed by atoms with Gasteiger partial charge < -0.3 is 5.32 Å². The molecule has 4 nitrogen and oxygen atoms in total. The number of piperidine rings is 1. The Morgan fingerprint density at radius 2 is 2.05 bits per heavy atom. The maximum Gasteiger partial charge on any atom is 0.233 e. The molecule has 0 unspecified atom stereocenters. The van der Waals surface area contributed by atoms with Crippen LogP contribution in [-0.2, 0) is 10.0 Å². The fourth-order valence-electron chi connectivity index (χ4n) is 2.14. The van der Waals surface area contributed by atoms with Crippen molar-refractivity contribution in [2.75, 3.05) is 23.6 Å². The van der Waals surface area contributed by atoms with Gasteiger partial charge in [-0.2, -0.15) is 0 Å². The number of nitrogens with one attached hydrogen (secondary N) is 2.